The van der Waals surface area contributed by atoms with Gasteiger partial charge in [0, 0.05) is 12.2 Å². The van der Waals surface area contributed by atoms with Gasteiger partial charge in [0.1, 0.15) is 0 Å². The Hall–Kier alpha value is -1.38. The number of rotatable bonds is 5. The number of Topliss-reactive ketones (excluding diaryl/α,β-unsaturated/α-hetero) is 1. The average molecular weight is 246 g/mol. The van der Waals surface area contributed by atoms with E-state index in [9.17, 15) is 4.79 Å². The normalized spacial score (nSPS) is 17.3. The van der Waals surface area contributed by atoms with Gasteiger partial charge in [-0.25, -0.2) is 0 Å². The number of ketones is 1. The molecular weight excluding hydrogens is 224 g/mol. The maximum absolute atomic E-state index is 12.1. The lowest BCUT2D eigenvalue weighted by atomic mass is 9.94. The fraction of sp³-hybridized carbons (Fsp3) is 0.600. The van der Waals surface area contributed by atoms with E-state index in [0.29, 0.717) is 12.5 Å². The molecule has 0 radical (unpaired) electrons. The summed E-state index contributed by atoms with van der Waals surface area (Å²) < 4.78 is 1.96. The molecule has 0 amide bonds. The largest absolute Gasteiger partial charge is 0.294 e. The monoisotopic (exact) mass is 246 g/mol. The van der Waals surface area contributed by atoms with E-state index < -0.39 is 0 Å². The van der Waals surface area contributed by atoms with Gasteiger partial charge < -0.3 is 0 Å². The Kier molecular flexibility index (Phi) is 4.34. The zero-order valence-electron chi connectivity index (χ0n) is 11.4. The molecular formula is C15H22N2O. The van der Waals surface area contributed by atoms with Crippen LogP contribution >= 0.6 is 0 Å². The summed E-state index contributed by atoms with van der Waals surface area (Å²) in [6.07, 6.45) is 9.98. The zero-order chi connectivity index (χ0) is 13.0. The van der Waals surface area contributed by atoms with Gasteiger partial charge in [0.2, 0.25) is 0 Å². The van der Waals surface area contributed by atoms with Crippen molar-refractivity contribution in [3.8, 4) is 0 Å². The molecule has 1 heterocycles. The molecule has 0 saturated heterocycles. The van der Waals surface area contributed by atoms with Crippen LogP contribution in [0.25, 0.3) is 0 Å². The van der Waals surface area contributed by atoms with Crippen molar-refractivity contribution in [2.24, 2.45) is 0 Å². The number of hydrogen-bond donors (Lipinski definition) is 0. The highest BCUT2D eigenvalue weighted by atomic mass is 16.1. The van der Waals surface area contributed by atoms with Crippen LogP contribution in [0, 0.1) is 0 Å². The molecule has 3 nitrogen and oxygen atoms in total. The van der Waals surface area contributed by atoms with Gasteiger partial charge in [-0.05, 0) is 50.7 Å². The standard InChI is InChI=1S/C15H22N2O/c1-3-12(2)17-10-9-14(16-17)11-15(18)13-7-5-4-6-8-13/h7,9-10,12H,3-6,8,11H2,1-2H3. The van der Waals surface area contributed by atoms with Crippen molar-refractivity contribution >= 4 is 5.78 Å². The lowest BCUT2D eigenvalue weighted by Gasteiger charge is -2.11. The smallest absolute Gasteiger partial charge is 0.164 e. The third-order valence-corrected chi connectivity index (χ3v) is 3.70. The lowest BCUT2D eigenvalue weighted by Crippen LogP contribution is -2.10. The predicted molar refractivity (Wildman–Crippen MR) is 72.5 cm³/mol. The molecule has 0 fully saturated rings. The first-order valence-electron chi connectivity index (χ1n) is 6.97. The average Bonchev–Trinajstić information content (AvgIpc) is 2.87. The van der Waals surface area contributed by atoms with Crippen molar-refractivity contribution in [3.05, 3.63) is 29.6 Å². The molecule has 0 N–H and O–H groups in total. The SMILES string of the molecule is CCC(C)n1ccc(CC(=O)C2=CCCCC2)n1. The van der Waals surface area contributed by atoms with Crippen LogP contribution in [-0.4, -0.2) is 15.6 Å². The molecule has 1 atom stereocenters. The summed E-state index contributed by atoms with van der Waals surface area (Å²) >= 11 is 0. The van der Waals surface area contributed by atoms with E-state index in [-0.39, 0.29) is 5.78 Å². The van der Waals surface area contributed by atoms with Gasteiger partial charge in [-0.2, -0.15) is 5.10 Å². The fourth-order valence-electron chi connectivity index (χ4n) is 2.27. The predicted octanol–water partition coefficient (Wildman–Crippen LogP) is 3.47. The summed E-state index contributed by atoms with van der Waals surface area (Å²) in [5.74, 6) is 0.254. The highest BCUT2D eigenvalue weighted by molar-refractivity contribution is 5.96. The van der Waals surface area contributed by atoms with Crippen molar-refractivity contribution < 1.29 is 4.79 Å². The van der Waals surface area contributed by atoms with Gasteiger partial charge in [-0.3, -0.25) is 9.48 Å². The molecule has 0 bridgehead atoms. The molecule has 0 spiro atoms. The summed E-state index contributed by atoms with van der Waals surface area (Å²) in [5.41, 5.74) is 1.91. The summed E-state index contributed by atoms with van der Waals surface area (Å²) in [5, 5.41) is 4.48. The molecule has 0 aromatic carbocycles. The van der Waals surface area contributed by atoms with E-state index in [2.05, 4.69) is 25.0 Å². The van der Waals surface area contributed by atoms with Gasteiger partial charge in [-0.15, -0.1) is 0 Å². The van der Waals surface area contributed by atoms with E-state index in [0.717, 1.165) is 37.0 Å². The zero-order valence-corrected chi connectivity index (χ0v) is 11.4. The maximum Gasteiger partial charge on any atom is 0.164 e. The first-order valence-corrected chi connectivity index (χ1v) is 6.97. The molecule has 1 aliphatic rings. The van der Waals surface area contributed by atoms with Crippen molar-refractivity contribution in [1.82, 2.24) is 9.78 Å². The van der Waals surface area contributed by atoms with E-state index in [1.165, 1.54) is 6.42 Å². The number of hydrogen-bond acceptors (Lipinski definition) is 2. The van der Waals surface area contributed by atoms with E-state index in [1.54, 1.807) is 0 Å². The summed E-state index contributed by atoms with van der Waals surface area (Å²) in [6, 6.07) is 2.37. The van der Waals surface area contributed by atoms with Crippen LogP contribution in [0.5, 0.6) is 0 Å². The van der Waals surface area contributed by atoms with Gasteiger partial charge >= 0.3 is 0 Å². The Morgan fingerprint density at radius 2 is 2.33 bits per heavy atom. The molecule has 1 aromatic rings. The second-order valence-electron chi connectivity index (χ2n) is 5.12. The molecule has 3 heteroatoms. The third kappa shape index (κ3) is 3.09. The number of carbonyl (C=O) groups is 1. The number of aromatic nitrogens is 2. The Morgan fingerprint density at radius 3 is 3.00 bits per heavy atom. The minimum Gasteiger partial charge on any atom is -0.294 e. The third-order valence-electron chi connectivity index (χ3n) is 3.70. The van der Waals surface area contributed by atoms with Crippen LogP contribution in [0.2, 0.25) is 0 Å². The molecule has 0 aliphatic heterocycles. The van der Waals surface area contributed by atoms with Gasteiger partial charge in [0.25, 0.3) is 0 Å². The van der Waals surface area contributed by atoms with Crippen LogP contribution in [0.4, 0.5) is 0 Å². The number of nitrogens with zero attached hydrogens (tertiary/aromatic N) is 2. The van der Waals surface area contributed by atoms with Crippen molar-refractivity contribution in [2.45, 2.75) is 58.4 Å². The molecule has 98 valence electrons. The second-order valence-corrected chi connectivity index (χ2v) is 5.12. The Labute approximate surface area is 109 Å². The Bertz CT molecular complexity index is 445. The number of allylic oxidation sites excluding steroid dienone is 2. The van der Waals surface area contributed by atoms with Crippen LogP contribution in [0.3, 0.4) is 0 Å². The van der Waals surface area contributed by atoms with Crippen LogP contribution in [-0.2, 0) is 11.2 Å². The van der Waals surface area contributed by atoms with Crippen molar-refractivity contribution in [3.63, 3.8) is 0 Å². The topological polar surface area (TPSA) is 34.9 Å². The molecule has 18 heavy (non-hydrogen) atoms. The Morgan fingerprint density at radius 1 is 1.50 bits per heavy atom. The molecule has 1 unspecified atom stereocenters. The summed E-state index contributed by atoms with van der Waals surface area (Å²) in [7, 11) is 0. The van der Waals surface area contributed by atoms with E-state index in [4.69, 9.17) is 0 Å². The van der Waals surface area contributed by atoms with E-state index >= 15 is 0 Å². The first-order chi connectivity index (χ1) is 8.70. The molecule has 2 rings (SSSR count). The summed E-state index contributed by atoms with van der Waals surface area (Å²) in [4.78, 5) is 12.1. The molecule has 1 aromatic heterocycles. The van der Waals surface area contributed by atoms with E-state index in [1.807, 2.05) is 16.9 Å². The van der Waals surface area contributed by atoms with Gasteiger partial charge in [0.15, 0.2) is 5.78 Å². The van der Waals surface area contributed by atoms with Crippen LogP contribution in [0.1, 0.15) is 57.7 Å². The highest BCUT2D eigenvalue weighted by Gasteiger charge is 2.14. The van der Waals surface area contributed by atoms with Crippen LogP contribution in [0.15, 0.2) is 23.9 Å². The summed E-state index contributed by atoms with van der Waals surface area (Å²) in [6.45, 7) is 4.28. The lowest BCUT2D eigenvalue weighted by molar-refractivity contribution is -0.115. The minimum absolute atomic E-state index is 0.254. The quantitative estimate of drug-likeness (QED) is 0.797. The molecule has 0 saturated carbocycles. The van der Waals surface area contributed by atoms with Crippen molar-refractivity contribution in [2.75, 3.05) is 0 Å². The highest BCUT2D eigenvalue weighted by Crippen LogP contribution is 2.19. The van der Waals surface area contributed by atoms with Gasteiger partial charge in [0.05, 0.1) is 12.1 Å². The minimum atomic E-state index is 0.254. The van der Waals surface area contributed by atoms with Crippen LogP contribution < -0.4 is 0 Å². The number of carbonyl (C=O) groups excluding carboxylic acids is 1. The van der Waals surface area contributed by atoms with Gasteiger partial charge in [-0.1, -0.05) is 13.0 Å². The second kappa shape index (κ2) is 5.98. The first kappa shape index (κ1) is 13.1. The fourth-order valence-corrected chi connectivity index (χ4v) is 2.27. The maximum atomic E-state index is 12.1. The molecule has 1 aliphatic carbocycles. The Balaban J connectivity index is 1.98. The van der Waals surface area contributed by atoms with Crippen molar-refractivity contribution in [1.29, 1.82) is 0 Å².